The highest BCUT2D eigenvalue weighted by Crippen LogP contribution is 2.35. The molecule has 33 heavy (non-hydrogen) atoms. The van der Waals surface area contributed by atoms with Crippen molar-refractivity contribution in [1.29, 1.82) is 0 Å². The van der Waals surface area contributed by atoms with E-state index in [0.29, 0.717) is 17.1 Å². The van der Waals surface area contributed by atoms with Gasteiger partial charge in [-0.15, -0.1) is 0 Å². The van der Waals surface area contributed by atoms with Crippen molar-refractivity contribution in [3.63, 3.8) is 0 Å². The molecular formula is C22H17N3O7S. The van der Waals surface area contributed by atoms with Crippen LogP contribution in [-0.4, -0.2) is 37.7 Å². The summed E-state index contributed by atoms with van der Waals surface area (Å²) in [5.41, 5.74) is 0.482. The number of sulfone groups is 1. The molecule has 0 aliphatic rings. The summed E-state index contributed by atoms with van der Waals surface area (Å²) in [5, 5.41) is 14.9. The number of ether oxygens (including phenoxy) is 2. The SMILES string of the molecule is COc1ccc(OC)c(-c2noc(-c3ccccc3S(=O)(=O)c3ccc([N+](=O)[O-])cc3)n2)c1. The largest absolute Gasteiger partial charge is 0.497 e. The van der Waals surface area contributed by atoms with E-state index in [2.05, 4.69) is 10.1 Å². The number of nitro benzene ring substituents is 1. The van der Waals surface area contributed by atoms with E-state index in [1.807, 2.05) is 0 Å². The highest BCUT2D eigenvalue weighted by Gasteiger charge is 2.26. The monoisotopic (exact) mass is 467 g/mol. The molecule has 4 aromatic rings. The average molecular weight is 467 g/mol. The minimum atomic E-state index is -4.03. The summed E-state index contributed by atoms with van der Waals surface area (Å²) < 4.78 is 42.5. The predicted octanol–water partition coefficient (Wildman–Crippen LogP) is 4.16. The number of nitro groups is 1. The Morgan fingerprint density at radius 1 is 0.939 bits per heavy atom. The molecule has 0 amide bonds. The molecule has 1 heterocycles. The summed E-state index contributed by atoms with van der Waals surface area (Å²) in [6.07, 6.45) is 0. The summed E-state index contributed by atoms with van der Waals surface area (Å²) in [5.74, 6) is 1.20. The Labute approximate surface area is 188 Å². The highest BCUT2D eigenvalue weighted by molar-refractivity contribution is 7.91. The number of benzene rings is 3. The summed E-state index contributed by atoms with van der Waals surface area (Å²) in [7, 11) is -1.02. The molecular weight excluding hydrogens is 450 g/mol. The van der Waals surface area contributed by atoms with Crippen molar-refractivity contribution in [2.24, 2.45) is 0 Å². The molecule has 4 rings (SSSR count). The van der Waals surface area contributed by atoms with Gasteiger partial charge < -0.3 is 14.0 Å². The molecule has 3 aromatic carbocycles. The standard InChI is InChI=1S/C22H17N3O7S/c1-30-15-9-12-19(31-2)18(13-15)21-23-22(32-24-21)17-5-3-4-6-20(17)33(28,29)16-10-7-14(8-11-16)25(26)27/h3-13H,1-2H3. The van der Waals surface area contributed by atoms with E-state index >= 15 is 0 Å². The van der Waals surface area contributed by atoms with Crippen LogP contribution in [0.25, 0.3) is 22.8 Å². The van der Waals surface area contributed by atoms with Crippen LogP contribution >= 0.6 is 0 Å². The summed E-state index contributed by atoms with van der Waals surface area (Å²) in [6, 6.07) is 15.9. The fourth-order valence-electron chi connectivity index (χ4n) is 3.18. The molecule has 0 saturated heterocycles. The minimum Gasteiger partial charge on any atom is -0.497 e. The smallest absolute Gasteiger partial charge is 0.269 e. The van der Waals surface area contributed by atoms with E-state index in [4.69, 9.17) is 14.0 Å². The Bertz CT molecular complexity index is 1430. The van der Waals surface area contributed by atoms with Crippen LogP contribution in [0.5, 0.6) is 11.5 Å². The summed E-state index contributed by atoms with van der Waals surface area (Å²) >= 11 is 0. The molecule has 0 unspecified atom stereocenters. The van der Waals surface area contributed by atoms with E-state index in [1.54, 1.807) is 36.4 Å². The lowest BCUT2D eigenvalue weighted by atomic mass is 10.1. The fourth-order valence-corrected chi connectivity index (χ4v) is 4.63. The number of non-ortho nitro benzene ring substituents is 1. The van der Waals surface area contributed by atoms with Crippen LogP contribution in [-0.2, 0) is 9.84 Å². The molecule has 168 valence electrons. The van der Waals surface area contributed by atoms with Crippen LogP contribution in [0.1, 0.15) is 0 Å². The van der Waals surface area contributed by atoms with E-state index < -0.39 is 14.8 Å². The third-order valence-corrected chi connectivity index (χ3v) is 6.67. The van der Waals surface area contributed by atoms with Crippen LogP contribution in [0.3, 0.4) is 0 Å². The molecule has 0 atom stereocenters. The Balaban J connectivity index is 1.78. The first-order valence-corrected chi connectivity index (χ1v) is 11.0. The Morgan fingerprint density at radius 3 is 2.33 bits per heavy atom. The van der Waals surface area contributed by atoms with Crippen molar-refractivity contribution in [1.82, 2.24) is 10.1 Å². The summed E-state index contributed by atoms with van der Waals surface area (Å²) in [4.78, 5) is 14.5. The van der Waals surface area contributed by atoms with Gasteiger partial charge in [0.2, 0.25) is 15.7 Å². The highest BCUT2D eigenvalue weighted by atomic mass is 32.2. The third kappa shape index (κ3) is 4.13. The number of rotatable bonds is 7. The Hall–Kier alpha value is -4.25. The topological polar surface area (TPSA) is 135 Å². The summed E-state index contributed by atoms with van der Waals surface area (Å²) in [6.45, 7) is 0. The lowest BCUT2D eigenvalue weighted by molar-refractivity contribution is -0.384. The number of nitrogens with zero attached hydrogens (tertiary/aromatic N) is 3. The molecule has 0 fully saturated rings. The predicted molar refractivity (Wildman–Crippen MR) is 117 cm³/mol. The van der Waals surface area contributed by atoms with Gasteiger partial charge in [-0.2, -0.15) is 4.98 Å². The normalized spacial score (nSPS) is 11.2. The number of aromatic nitrogens is 2. The quantitative estimate of drug-likeness (QED) is 0.290. The van der Waals surface area contributed by atoms with Gasteiger partial charge in [0, 0.05) is 12.1 Å². The van der Waals surface area contributed by atoms with E-state index in [0.717, 1.165) is 12.1 Å². The van der Waals surface area contributed by atoms with Gasteiger partial charge >= 0.3 is 0 Å². The van der Waals surface area contributed by atoms with Gasteiger partial charge in [-0.1, -0.05) is 17.3 Å². The molecule has 10 nitrogen and oxygen atoms in total. The van der Waals surface area contributed by atoms with Gasteiger partial charge in [0.05, 0.1) is 40.1 Å². The molecule has 1 aromatic heterocycles. The molecule has 0 aliphatic carbocycles. The van der Waals surface area contributed by atoms with Crippen molar-refractivity contribution in [3.05, 3.63) is 76.8 Å². The van der Waals surface area contributed by atoms with Crippen molar-refractivity contribution in [2.75, 3.05) is 14.2 Å². The number of methoxy groups -OCH3 is 2. The molecule has 0 saturated carbocycles. The maximum absolute atomic E-state index is 13.3. The first-order valence-electron chi connectivity index (χ1n) is 9.50. The van der Waals surface area contributed by atoms with Crippen molar-refractivity contribution < 1.29 is 27.3 Å². The van der Waals surface area contributed by atoms with Crippen molar-refractivity contribution in [2.45, 2.75) is 9.79 Å². The molecule has 11 heteroatoms. The van der Waals surface area contributed by atoms with Gasteiger partial charge in [0.25, 0.3) is 11.6 Å². The first kappa shape index (κ1) is 22.0. The average Bonchev–Trinajstić information content (AvgIpc) is 3.33. The second kappa shape index (κ2) is 8.71. The zero-order valence-electron chi connectivity index (χ0n) is 17.5. The van der Waals surface area contributed by atoms with Gasteiger partial charge in [0.15, 0.2) is 0 Å². The van der Waals surface area contributed by atoms with Crippen molar-refractivity contribution >= 4 is 15.5 Å². The van der Waals surface area contributed by atoms with Crippen LogP contribution in [0.2, 0.25) is 0 Å². The van der Waals surface area contributed by atoms with Crippen LogP contribution < -0.4 is 9.47 Å². The second-order valence-corrected chi connectivity index (χ2v) is 8.66. The Morgan fingerprint density at radius 2 is 1.67 bits per heavy atom. The maximum Gasteiger partial charge on any atom is 0.269 e. The molecule has 0 bridgehead atoms. The lowest BCUT2D eigenvalue weighted by Crippen LogP contribution is -2.04. The first-order chi connectivity index (χ1) is 15.8. The third-order valence-electron chi connectivity index (χ3n) is 4.84. The molecule has 0 spiro atoms. The van der Waals surface area contributed by atoms with Gasteiger partial charge in [0.1, 0.15) is 11.5 Å². The zero-order chi connectivity index (χ0) is 23.6. The molecule has 0 aliphatic heterocycles. The maximum atomic E-state index is 13.3. The second-order valence-electron chi connectivity index (χ2n) is 6.74. The molecule has 0 N–H and O–H groups in total. The molecule has 0 radical (unpaired) electrons. The van der Waals surface area contributed by atoms with E-state index in [9.17, 15) is 18.5 Å². The lowest BCUT2D eigenvalue weighted by Gasteiger charge is -2.08. The van der Waals surface area contributed by atoms with Gasteiger partial charge in [-0.05, 0) is 42.5 Å². The number of hydrogen-bond donors (Lipinski definition) is 0. The zero-order valence-corrected chi connectivity index (χ0v) is 18.3. The van der Waals surface area contributed by atoms with Crippen LogP contribution in [0, 0.1) is 10.1 Å². The number of hydrogen-bond acceptors (Lipinski definition) is 9. The Kier molecular flexibility index (Phi) is 5.80. The fraction of sp³-hybridized carbons (Fsp3) is 0.0909. The van der Waals surface area contributed by atoms with Crippen LogP contribution in [0.4, 0.5) is 5.69 Å². The van der Waals surface area contributed by atoms with Gasteiger partial charge in [-0.25, -0.2) is 8.42 Å². The van der Waals surface area contributed by atoms with E-state index in [-0.39, 0.29) is 32.8 Å². The minimum absolute atomic E-state index is 0.0176. The van der Waals surface area contributed by atoms with E-state index in [1.165, 1.54) is 32.4 Å². The van der Waals surface area contributed by atoms with Gasteiger partial charge in [-0.3, -0.25) is 10.1 Å². The van der Waals surface area contributed by atoms with Crippen molar-refractivity contribution in [3.8, 4) is 34.3 Å². The van der Waals surface area contributed by atoms with Crippen LogP contribution in [0.15, 0.2) is 81.0 Å².